The number of hydrogen-bond donors (Lipinski definition) is 1. The van der Waals surface area contributed by atoms with E-state index in [-0.39, 0.29) is 0 Å². The molecular formula is C20H38S. The minimum Gasteiger partial charge on any atom is -0.176 e. The Balaban J connectivity index is 1.71. The summed E-state index contributed by atoms with van der Waals surface area (Å²) in [5.41, 5.74) is 0. The molecule has 2 aliphatic carbocycles. The second-order valence-corrected chi connectivity index (χ2v) is 8.65. The molecular weight excluding hydrogens is 272 g/mol. The van der Waals surface area contributed by atoms with Crippen molar-refractivity contribution in [1.82, 2.24) is 0 Å². The van der Waals surface area contributed by atoms with E-state index in [1.54, 1.807) is 0 Å². The van der Waals surface area contributed by atoms with Crippen LogP contribution in [0.4, 0.5) is 0 Å². The Hall–Kier alpha value is 0.350. The van der Waals surface area contributed by atoms with E-state index < -0.39 is 0 Å². The average Bonchev–Trinajstić information content (AvgIpc) is 2.51. The molecule has 2 rings (SSSR count). The van der Waals surface area contributed by atoms with E-state index in [1.807, 2.05) is 0 Å². The van der Waals surface area contributed by atoms with Crippen molar-refractivity contribution in [3.63, 3.8) is 0 Å². The van der Waals surface area contributed by atoms with Crippen LogP contribution in [-0.4, -0.2) is 5.25 Å². The lowest BCUT2D eigenvalue weighted by Crippen LogP contribution is -2.26. The Morgan fingerprint density at radius 3 is 1.90 bits per heavy atom. The van der Waals surface area contributed by atoms with Crippen molar-refractivity contribution < 1.29 is 0 Å². The summed E-state index contributed by atoms with van der Waals surface area (Å²) in [7, 11) is 0. The molecule has 0 nitrogen and oxygen atoms in total. The highest BCUT2D eigenvalue weighted by atomic mass is 32.1. The first kappa shape index (κ1) is 17.7. The molecule has 0 aromatic rings. The maximum absolute atomic E-state index is 4.87. The van der Waals surface area contributed by atoms with Crippen LogP contribution in [-0.2, 0) is 0 Å². The van der Waals surface area contributed by atoms with Gasteiger partial charge < -0.3 is 0 Å². The molecule has 0 aromatic carbocycles. The minimum absolute atomic E-state index is 0.692. The van der Waals surface area contributed by atoms with Gasteiger partial charge in [-0.05, 0) is 30.6 Å². The first-order valence-corrected chi connectivity index (χ1v) is 10.5. The van der Waals surface area contributed by atoms with E-state index in [9.17, 15) is 0 Å². The lowest BCUT2D eigenvalue weighted by atomic mass is 9.77. The molecule has 21 heavy (non-hydrogen) atoms. The van der Waals surface area contributed by atoms with E-state index in [0.717, 1.165) is 17.8 Å². The Morgan fingerprint density at radius 2 is 1.29 bits per heavy atom. The van der Waals surface area contributed by atoms with Crippen LogP contribution in [0, 0.1) is 17.8 Å². The van der Waals surface area contributed by atoms with Crippen LogP contribution in [0.2, 0.25) is 0 Å². The van der Waals surface area contributed by atoms with Crippen molar-refractivity contribution in [1.29, 1.82) is 0 Å². The summed E-state index contributed by atoms with van der Waals surface area (Å²) in [6.45, 7) is 2.51. The van der Waals surface area contributed by atoms with E-state index >= 15 is 0 Å². The van der Waals surface area contributed by atoms with Gasteiger partial charge in [0.15, 0.2) is 0 Å². The van der Waals surface area contributed by atoms with Gasteiger partial charge in [-0.1, -0.05) is 90.4 Å². The third-order valence-electron chi connectivity index (χ3n) is 6.27. The third kappa shape index (κ3) is 6.55. The van der Waals surface area contributed by atoms with E-state index in [1.165, 1.54) is 96.3 Å². The second-order valence-electron chi connectivity index (χ2n) is 7.99. The summed E-state index contributed by atoms with van der Waals surface area (Å²) in [6, 6.07) is 0. The highest BCUT2D eigenvalue weighted by Crippen LogP contribution is 2.37. The zero-order valence-electron chi connectivity index (χ0n) is 14.4. The fraction of sp³-hybridized carbons (Fsp3) is 1.00. The summed E-state index contributed by atoms with van der Waals surface area (Å²) in [5, 5.41) is 0.692. The molecule has 0 saturated heterocycles. The molecule has 0 radical (unpaired) electrons. The fourth-order valence-corrected chi connectivity index (χ4v) is 5.32. The summed E-state index contributed by atoms with van der Waals surface area (Å²) in [4.78, 5) is 0. The molecule has 0 heterocycles. The Morgan fingerprint density at radius 1 is 0.762 bits per heavy atom. The lowest BCUT2D eigenvalue weighted by Gasteiger charge is -2.33. The van der Waals surface area contributed by atoms with Gasteiger partial charge in [0.05, 0.1) is 0 Å². The van der Waals surface area contributed by atoms with Crippen LogP contribution in [0.3, 0.4) is 0 Å². The van der Waals surface area contributed by atoms with Gasteiger partial charge >= 0.3 is 0 Å². The van der Waals surface area contributed by atoms with Crippen LogP contribution in [0.25, 0.3) is 0 Å². The zero-order chi connectivity index (χ0) is 14.9. The SMILES string of the molecule is CC(CCC1CCCCCCCCC1)C1CCCCC1S. The first-order chi connectivity index (χ1) is 10.3. The van der Waals surface area contributed by atoms with Crippen molar-refractivity contribution in [2.24, 2.45) is 17.8 Å². The van der Waals surface area contributed by atoms with Crippen molar-refractivity contribution in [2.75, 3.05) is 0 Å². The summed E-state index contributed by atoms with van der Waals surface area (Å²) < 4.78 is 0. The van der Waals surface area contributed by atoms with Crippen molar-refractivity contribution in [2.45, 2.75) is 108 Å². The maximum atomic E-state index is 4.87. The van der Waals surface area contributed by atoms with Crippen LogP contribution in [0.5, 0.6) is 0 Å². The van der Waals surface area contributed by atoms with Crippen molar-refractivity contribution in [3.8, 4) is 0 Å². The fourth-order valence-electron chi connectivity index (χ4n) is 4.70. The molecule has 2 fully saturated rings. The predicted octanol–water partition coefficient (Wildman–Crippen LogP) is 7.03. The van der Waals surface area contributed by atoms with E-state index in [4.69, 9.17) is 12.6 Å². The van der Waals surface area contributed by atoms with Crippen LogP contribution in [0.1, 0.15) is 103 Å². The number of rotatable bonds is 4. The third-order valence-corrected chi connectivity index (χ3v) is 6.91. The Kier molecular flexibility index (Phi) is 8.59. The molecule has 0 amide bonds. The van der Waals surface area contributed by atoms with Crippen molar-refractivity contribution in [3.05, 3.63) is 0 Å². The molecule has 0 bridgehead atoms. The molecule has 3 atom stereocenters. The Labute approximate surface area is 139 Å². The summed E-state index contributed by atoms with van der Waals surface area (Å²) in [5.74, 6) is 2.84. The summed E-state index contributed by atoms with van der Waals surface area (Å²) in [6.07, 6.45) is 22.1. The molecule has 1 heteroatoms. The van der Waals surface area contributed by atoms with Gasteiger partial charge in [0.1, 0.15) is 0 Å². The predicted molar refractivity (Wildman–Crippen MR) is 98.2 cm³/mol. The smallest absolute Gasteiger partial charge is 0.00476 e. The van der Waals surface area contributed by atoms with Gasteiger partial charge in [-0.15, -0.1) is 0 Å². The Bertz CT molecular complexity index is 253. The topological polar surface area (TPSA) is 0 Å². The molecule has 2 saturated carbocycles. The molecule has 3 unspecified atom stereocenters. The van der Waals surface area contributed by atoms with Gasteiger partial charge in [-0.2, -0.15) is 12.6 Å². The zero-order valence-corrected chi connectivity index (χ0v) is 15.3. The minimum atomic E-state index is 0.692. The average molecular weight is 311 g/mol. The normalized spacial score (nSPS) is 31.7. The number of thiol groups is 1. The van der Waals surface area contributed by atoms with Crippen LogP contribution >= 0.6 is 12.6 Å². The first-order valence-electron chi connectivity index (χ1n) is 9.95. The van der Waals surface area contributed by atoms with Crippen LogP contribution in [0.15, 0.2) is 0 Å². The molecule has 0 N–H and O–H groups in total. The summed E-state index contributed by atoms with van der Waals surface area (Å²) >= 11 is 4.87. The maximum Gasteiger partial charge on any atom is 0.00476 e. The van der Waals surface area contributed by atoms with Gasteiger partial charge in [0.2, 0.25) is 0 Å². The largest absolute Gasteiger partial charge is 0.176 e. The standard InChI is InChI=1S/C20H38S/c1-17(19-13-9-10-14-20(19)21)15-16-18-11-7-5-3-2-4-6-8-12-18/h17-21H,2-16H2,1H3. The molecule has 124 valence electrons. The lowest BCUT2D eigenvalue weighted by molar-refractivity contribution is 0.239. The second kappa shape index (κ2) is 10.2. The highest BCUT2D eigenvalue weighted by molar-refractivity contribution is 7.81. The van der Waals surface area contributed by atoms with E-state index in [0.29, 0.717) is 5.25 Å². The number of hydrogen-bond acceptors (Lipinski definition) is 1. The van der Waals surface area contributed by atoms with Gasteiger partial charge in [0, 0.05) is 5.25 Å². The quantitative estimate of drug-likeness (QED) is 0.529. The van der Waals surface area contributed by atoms with Crippen molar-refractivity contribution >= 4 is 12.6 Å². The van der Waals surface area contributed by atoms with Gasteiger partial charge in [0.25, 0.3) is 0 Å². The molecule has 2 aliphatic rings. The highest BCUT2D eigenvalue weighted by Gasteiger charge is 2.27. The molecule has 0 aromatic heterocycles. The van der Waals surface area contributed by atoms with Gasteiger partial charge in [-0.3, -0.25) is 0 Å². The monoisotopic (exact) mass is 310 g/mol. The van der Waals surface area contributed by atoms with Crippen LogP contribution < -0.4 is 0 Å². The van der Waals surface area contributed by atoms with Gasteiger partial charge in [-0.25, -0.2) is 0 Å². The molecule has 0 spiro atoms. The van der Waals surface area contributed by atoms with E-state index in [2.05, 4.69) is 6.92 Å². The molecule has 0 aliphatic heterocycles.